The third-order valence-electron chi connectivity index (χ3n) is 5.80. The Bertz CT molecular complexity index is 759. The zero-order chi connectivity index (χ0) is 18.7. The summed E-state index contributed by atoms with van der Waals surface area (Å²) < 4.78 is 5.90. The summed E-state index contributed by atoms with van der Waals surface area (Å²) in [5.74, 6) is 1.65. The second kappa shape index (κ2) is 7.82. The van der Waals surface area contributed by atoms with Gasteiger partial charge in [0, 0.05) is 31.7 Å². The average molecular weight is 368 g/mol. The second-order valence-electron chi connectivity index (χ2n) is 7.77. The highest BCUT2D eigenvalue weighted by molar-refractivity contribution is 5.86. The highest BCUT2D eigenvalue weighted by atomic mass is 16.4. The Balaban J connectivity index is 1.31. The number of carbonyl (C=O) groups is 1. The summed E-state index contributed by atoms with van der Waals surface area (Å²) in [4.78, 5) is 21.5. The van der Waals surface area contributed by atoms with Gasteiger partial charge in [0.15, 0.2) is 5.76 Å². The van der Waals surface area contributed by atoms with Crippen molar-refractivity contribution in [3.8, 4) is 11.3 Å². The maximum Gasteiger partial charge on any atom is 0.242 e. The Morgan fingerprint density at radius 1 is 1.07 bits per heavy atom. The van der Waals surface area contributed by atoms with Crippen LogP contribution in [0.5, 0.6) is 0 Å². The maximum absolute atomic E-state index is 12.9. The van der Waals surface area contributed by atoms with E-state index < -0.39 is 5.54 Å². The van der Waals surface area contributed by atoms with Gasteiger partial charge < -0.3 is 15.1 Å². The molecule has 2 aliphatic rings. The molecule has 1 amide bonds. The number of nitrogens with zero attached hydrogens (tertiary/aromatic N) is 3. The molecule has 2 fully saturated rings. The summed E-state index contributed by atoms with van der Waals surface area (Å²) in [6.07, 6.45) is 6.76. The van der Waals surface area contributed by atoms with Crippen LogP contribution in [-0.4, -0.2) is 52.4 Å². The molecule has 27 heavy (non-hydrogen) atoms. The molecule has 0 unspecified atom stereocenters. The van der Waals surface area contributed by atoms with Crippen LogP contribution in [0.4, 0.5) is 0 Å². The molecular formula is C21H28N4O2. The first-order valence-electron chi connectivity index (χ1n) is 9.95. The Morgan fingerprint density at radius 3 is 2.48 bits per heavy atom. The number of amides is 1. The van der Waals surface area contributed by atoms with Crippen LogP contribution in [0.1, 0.15) is 38.0 Å². The lowest BCUT2D eigenvalue weighted by atomic mass is 9.81. The number of oxazole rings is 1. The molecule has 1 aliphatic carbocycles. The molecule has 6 heteroatoms. The first-order chi connectivity index (χ1) is 13.1. The van der Waals surface area contributed by atoms with Crippen LogP contribution >= 0.6 is 0 Å². The summed E-state index contributed by atoms with van der Waals surface area (Å²) in [6, 6.07) is 10.0. The van der Waals surface area contributed by atoms with Crippen molar-refractivity contribution in [3.05, 3.63) is 42.4 Å². The fourth-order valence-corrected chi connectivity index (χ4v) is 4.13. The quantitative estimate of drug-likeness (QED) is 0.898. The van der Waals surface area contributed by atoms with Gasteiger partial charge in [-0.2, -0.15) is 0 Å². The first kappa shape index (κ1) is 18.2. The van der Waals surface area contributed by atoms with E-state index in [0.29, 0.717) is 6.54 Å². The van der Waals surface area contributed by atoms with Gasteiger partial charge in [0.05, 0.1) is 18.3 Å². The van der Waals surface area contributed by atoms with Gasteiger partial charge in [0.25, 0.3) is 0 Å². The van der Waals surface area contributed by atoms with Gasteiger partial charge >= 0.3 is 0 Å². The van der Waals surface area contributed by atoms with E-state index in [1.807, 2.05) is 35.2 Å². The lowest BCUT2D eigenvalue weighted by Gasteiger charge is -2.40. The van der Waals surface area contributed by atoms with E-state index in [1.54, 1.807) is 6.20 Å². The molecule has 144 valence electrons. The van der Waals surface area contributed by atoms with Crippen molar-refractivity contribution < 1.29 is 9.21 Å². The van der Waals surface area contributed by atoms with Crippen LogP contribution in [0.15, 0.2) is 40.9 Å². The lowest BCUT2D eigenvalue weighted by molar-refractivity contribution is -0.140. The fraction of sp³-hybridized carbons (Fsp3) is 0.524. The van der Waals surface area contributed by atoms with Gasteiger partial charge in [0.1, 0.15) is 0 Å². The average Bonchev–Trinajstić information content (AvgIpc) is 3.18. The summed E-state index contributed by atoms with van der Waals surface area (Å²) in [5.41, 5.74) is 6.82. The molecule has 1 aromatic heterocycles. The van der Waals surface area contributed by atoms with E-state index >= 15 is 0 Å². The monoisotopic (exact) mass is 368 g/mol. The topological polar surface area (TPSA) is 75.6 Å². The minimum Gasteiger partial charge on any atom is -0.439 e. The zero-order valence-electron chi connectivity index (χ0n) is 15.8. The Morgan fingerprint density at radius 2 is 1.78 bits per heavy atom. The molecule has 2 heterocycles. The minimum absolute atomic E-state index is 0.143. The number of piperazine rings is 1. The van der Waals surface area contributed by atoms with Gasteiger partial charge in [-0.25, -0.2) is 4.98 Å². The van der Waals surface area contributed by atoms with Crippen molar-refractivity contribution in [1.82, 2.24) is 14.8 Å². The number of rotatable bonds is 4. The third-order valence-corrected chi connectivity index (χ3v) is 5.80. The van der Waals surface area contributed by atoms with E-state index in [4.69, 9.17) is 10.2 Å². The van der Waals surface area contributed by atoms with Crippen LogP contribution in [0.2, 0.25) is 0 Å². The smallest absolute Gasteiger partial charge is 0.242 e. The molecule has 0 radical (unpaired) electrons. The summed E-state index contributed by atoms with van der Waals surface area (Å²) >= 11 is 0. The number of benzene rings is 1. The van der Waals surface area contributed by atoms with Crippen LogP contribution in [0, 0.1) is 0 Å². The number of nitrogens with two attached hydrogens (primary N) is 1. The summed E-state index contributed by atoms with van der Waals surface area (Å²) in [6.45, 7) is 3.77. The molecule has 4 rings (SSSR count). The van der Waals surface area contributed by atoms with Crippen LogP contribution in [0.3, 0.4) is 0 Å². The highest BCUT2D eigenvalue weighted by Gasteiger charge is 2.39. The number of aromatic nitrogens is 1. The predicted molar refractivity (Wildman–Crippen MR) is 104 cm³/mol. The Hall–Kier alpha value is -2.18. The molecule has 6 nitrogen and oxygen atoms in total. The van der Waals surface area contributed by atoms with E-state index in [2.05, 4.69) is 9.88 Å². The molecular weight excluding hydrogens is 340 g/mol. The maximum atomic E-state index is 12.9. The van der Waals surface area contributed by atoms with Gasteiger partial charge in [-0.05, 0) is 12.8 Å². The van der Waals surface area contributed by atoms with Crippen molar-refractivity contribution in [2.45, 2.75) is 44.2 Å². The molecule has 1 saturated carbocycles. The normalized spacial score (nSPS) is 20.6. The summed E-state index contributed by atoms with van der Waals surface area (Å²) in [5, 5.41) is 0. The van der Waals surface area contributed by atoms with Crippen LogP contribution in [0.25, 0.3) is 11.3 Å². The molecule has 0 bridgehead atoms. The second-order valence-corrected chi connectivity index (χ2v) is 7.77. The molecule has 2 N–H and O–H groups in total. The fourth-order valence-electron chi connectivity index (χ4n) is 4.13. The van der Waals surface area contributed by atoms with Crippen molar-refractivity contribution in [2.75, 3.05) is 26.2 Å². The third kappa shape index (κ3) is 4.06. The van der Waals surface area contributed by atoms with Crippen molar-refractivity contribution in [3.63, 3.8) is 0 Å². The van der Waals surface area contributed by atoms with E-state index in [9.17, 15) is 4.79 Å². The summed E-state index contributed by atoms with van der Waals surface area (Å²) in [7, 11) is 0. The molecule has 1 saturated heterocycles. The van der Waals surface area contributed by atoms with Gasteiger partial charge in [-0.15, -0.1) is 0 Å². The standard InChI is InChI=1S/C21H28N4O2/c22-21(9-5-2-6-10-21)20(26)25-13-11-24(12-14-25)16-19-23-15-18(27-19)17-7-3-1-4-8-17/h1,3-4,7-8,15H,2,5-6,9-14,16,22H2. The van der Waals surface area contributed by atoms with E-state index in [1.165, 1.54) is 6.42 Å². The molecule has 0 atom stereocenters. The number of hydrogen-bond acceptors (Lipinski definition) is 5. The predicted octanol–water partition coefficient (Wildman–Crippen LogP) is 2.65. The SMILES string of the molecule is NC1(C(=O)N2CCN(Cc3ncc(-c4ccccc4)o3)CC2)CCCCC1. The molecule has 0 spiro atoms. The van der Waals surface area contributed by atoms with E-state index in [-0.39, 0.29) is 5.91 Å². The number of hydrogen-bond donors (Lipinski definition) is 1. The molecule has 1 aromatic carbocycles. The largest absolute Gasteiger partial charge is 0.439 e. The van der Waals surface area contributed by atoms with Gasteiger partial charge in [0.2, 0.25) is 11.8 Å². The van der Waals surface area contributed by atoms with Gasteiger partial charge in [-0.1, -0.05) is 49.6 Å². The van der Waals surface area contributed by atoms with Crippen LogP contribution < -0.4 is 5.73 Å². The Kier molecular flexibility index (Phi) is 5.27. The van der Waals surface area contributed by atoms with Crippen molar-refractivity contribution in [2.24, 2.45) is 5.73 Å². The lowest BCUT2D eigenvalue weighted by Crippen LogP contribution is -2.60. The van der Waals surface area contributed by atoms with Crippen molar-refractivity contribution in [1.29, 1.82) is 0 Å². The molecule has 2 aromatic rings. The highest BCUT2D eigenvalue weighted by Crippen LogP contribution is 2.28. The first-order valence-corrected chi connectivity index (χ1v) is 9.95. The van der Waals surface area contributed by atoms with E-state index in [0.717, 1.165) is 69.1 Å². The van der Waals surface area contributed by atoms with Crippen LogP contribution in [-0.2, 0) is 11.3 Å². The molecule has 1 aliphatic heterocycles. The van der Waals surface area contributed by atoms with Crippen molar-refractivity contribution >= 4 is 5.91 Å². The zero-order valence-corrected chi connectivity index (χ0v) is 15.8. The Labute approximate surface area is 160 Å². The number of carbonyl (C=O) groups excluding carboxylic acids is 1. The minimum atomic E-state index is -0.631. The van der Waals surface area contributed by atoms with Gasteiger partial charge in [-0.3, -0.25) is 9.69 Å².